The summed E-state index contributed by atoms with van der Waals surface area (Å²) >= 11 is 0. The Bertz CT molecular complexity index is 655. The van der Waals surface area contributed by atoms with E-state index in [2.05, 4.69) is 14.7 Å². The van der Waals surface area contributed by atoms with Crippen LogP contribution < -0.4 is 0 Å². The molecule has 2 heterocycles. The lowest BCUT2D eigenvalue weighted by Crippen LogP contribution is -2.28. The molecule has 0 bridgehead atoms. The van der Waals surface area contributed by atoms with Crippen molar-refractivity contribution in [2.45, 2.75) is 18.8 Å². The van der Waals surface area contributed by atoms with Gasteiger partial charge in [-0.2, -0.15) is 17.6 Å². The Balaban J connectivity index is 0.000000257. The highest BCUT2D eigenvalue weighted by Gasteiger charge is 2.42. The molecule has 9 heteroatoms. The van der Waals surface area contributed by atoms with Gasteiger partial charge in [0.2, 0.25) is 0 Å². The third-order valence-electron chi connectivity index (χ3n) is 2.88. The van der Waals surface area contributed by atoms with Gasteiger partial charge in [0.15, 0.2) is 0 Å². The van der Waals surface area contributed by atoms with E-state index in [0.717, 1.165) is 12.1 Å². The van der Waals surface area contributed by atoms with Gasteiger partial charge in [-0.3, -0.25) is 9.97 Å². The smallest absolute Gasteiger partial charge is 0.381 e. The summed E-state index contributed by atoms with van der Waals surface area (Å²) in [6.07, 6.45) is 4.92. The highest BCUT2D eigenvalue weighted by molar-refractivity contribution is 5.79. The molecule has 0 aliphatic rings. The molecule has 136 valence electrons. The molecule has 0 aliphatic carbocycles. The number of hydrogen-bond donors (Lipinski definition) is 1. The molecule has 0 atom stereocenters. The second kappa shape index (κ2) is 9.07. The van der Waals surface area contributed by atoms with E-state index in [1.807, 2.05) is 0 Å². The maximum Gasteiger partial charge on any atom is 0.381 e. The minimum Gasteiger partial charge on any atom is -0.461 e. The van der Waals surface area contributed by atoms with Gasteiger partial charge >= 0.3 is 11.9 Å². The van der Waals surface area contributed by atoms with E-state index in [1.165, 1.54) is 43.8 Å². The van der Waals surface area contributed by atoms with Gasteiger partial charge in [0.25, 0.3) is 5.92 Å². The molecule has 0 spiro atoms. The van der Waals surface area contributed by atoms with E-state index < -0.39 is 30.0 Å². The van der Waals surface area contributed by atoms with Gasteiger partial charge in [0.1, 0.15) is 6.61 Å². The number of halogens is 4. The number of aliphatic hydroxyl groups is 1. The first-order valence-corrected chi connectivity index (χ1v) is 7.10. The summed E-state index contributed by atoms with van der Waals surface area (Å²) in [4.78, 5) is 18.0. The zero-order valence-electron chi connectivity index (χ0n) is 13.2. The maximum absolute atomic E-state index is 13.2. The normalized spacial score (nSPS) is 11.3. The second-order valence-electron chi connectivity index (χ2n) is 4.63. The van der Waals surface area contributed by atoms with Crippen molar-refractivity contribution in [3.8, 4) is 0 Å². The lowest BCUT2D eigenvalue weighted by atomic mass is 10.1. The number of pyridine rings is 2. The lowest BCUT2D eigenvalue weighted by molar-refractivity contribution is -0.173. The van der Waals surface area contributed by atoms with Crippen molar-refractivity contribution in [2.75, 3.05) is 13.2 Å². The first kappa shape index (κ1) is 20.5. The number of aromatic nitrogens is 2. The zero-order valence-corrected chi connectivity index (χ0v) is 13.2. The molecule has 2 aromatic rings. The summed E-state index contributed by atoms with van der Waals surface area (Å²) in [5.41, 5.74) is -0.624. The molecule has 0 saturated carbocycles. The molecule has 0 saturated heterocycles. The van der Waals surface area contributed by atoms with E-state index in [1.54, 1.807) is 0 Å². The van der Waals surface area contributed by atoms with E-state index in [9.17, 15) is 22.4 Å². The summed E-state index contributed by atoms with van der Waals surface area (Å²) in [5, 5.41) is 8.28. The third kappa shape index (κ3) is 5.79. The fourth-order valence-corrected chi connectivity index (χ4v) is 1.59. The van der Waals surface area contributed by atoms with Gasteiger partial charge in [0.05, 0.1) is 6.61 Å². The van der Waals surface area contributed by atoms with Crippen LogP contribution in [-0.4, -0.2) is 34.3 Å². The zero-order chi connectivity index (χ0) is 18.9. The highest BCUT2D eigenvalue weighted by atomic mass is 19.3. The van der Waals surface area contributed by atoms with Gasteiger partial charge in [-0.15, -0.1) is 0 Å². The molecule has 25 heavy (non-hydrogen) atoms. The number of carbonyl (C=O) groups excluding carboxylic acids is 1. The Hall–Kier alpha value is -2.55. The molecule has 2 rings (SSSR count). The quantitative estimate of drug-likeness (QED) is 0.656. The molecule has 0 aliphatic heterocycles. The fraction of sp³-hybridized carbons (Fsp3) is 0.312. The van der Waals surface area contributed by atoms with Crippen molar-refractivity contribution < 1.29 is 32.2 Å². The van der Waals surface area contributed by atoms with Crippen LogP contribution in [0.1, 0.15) is 18.1 Å². The van der Waals surface area contributed by atoms with Crippen LogP contribution in [0.4, 0.5) is 17.6 Å². The van der Waals surface area contributed by atoms with Crippen molar-refractivity contribution in [1.29, 1.82) is 0 Å². The Morgan fingerprint density at radius 2 is 1.44 bits per heavy atom. The number of aliphatic hydroxyl groups excluding tert-OH is 1. The first-order chi connectivity index (χ1) is 11.8. The monoisotopic (exact) mass is 360 g/mol. The van der Waals surface area contributed by atoms with Crippen LogP contribution in [0.5, 0.6) is 0 Å². The minimum atomic E-state index is -3.60. The Kier molecular flexibility index (Phi) is 7.43. The van der Waals surface area contributed by atoms with E-state index in [0.29, 0.717) is 0 Å². The van der Waals surface area contributed by atoms with E-state index in [4.69, 9.17) is 5.11 Å². The molecule has 1 N–H and O–H groups in total. The predicted molar refractivity (Wildman–Crippen MR) is 80.0 cm³/mol. The van der Waals surface area contributed by atoms with Crippen molar-refractivity contribution in [3.63, 3.8) is 0 Å². The maximum atomic E-state index is 13.2. The Labute approximate surface area is 141 Å². The van der Waals surface area contributed by atoms with Crippen LogP contribution in [0.3, 0.4) is 0 Å². The van der Waals surface area contributed by atoms with Gasteiger partial charge in [-0.1, -0.05) is 0 Å². The summed E-state index contributed by atoms with van der Waals surface area (Å²) in [6, 6.07) is 4.51. The number of ether oxygens (including phenoxy) is 1. The number of alkyl halides is 4. The van der Waals surface area contributed by atoms with E-state index in [-0.39, 0.29) is 12.2 Å². The summed E-state index contributed by atoms with van der Waals surface area (Å²) in [6.45, 7) is 0.233. The number of carbonyl (C=O) groups is 1. The molecule has 2 aromatic heterocycles. The number of nitrogens with zero attached hydrogens (tertiary/aromatic N) is 2. The average molecular weight is 360 g/mol. The SMILES string of the molecule is CCOC(=O)C(F)(F)c1ccncc1.OCC(F)(F)c1ccncc1. The molecular weight excluding hydrogens is 344 g/mol. The molecular formula is C16H16F4N2O3. The molecule has 0 aromatic carbocycles. The van der Waals surface area contributed by atoms with Gasteiger partial charge < -0.3 is 9.84 Å². The molecule has 0 amide bonds. The standard InChI is InChI=1S/C9H9F2NO2.C7H7F2NO/c1-2-14-8(13)9(10,11)7-3-5-12-6-4-7;8-7(9,5-11)6-1-3-10-4-2-6/h3-6H,2H2,1H3;1-4,11H,5H2. The van der Waals surface area contributed by atoms with Crippen molar-refractivity contribution in [2.24, 2.45) is 0 Å². The highest BCUT2D eigenvalue weighted by Crippen LogP contribution is 2.28. The summed E-state index contributed by atoms with van der Waals surface area (Å²) in [5.74, 6) is -8.28. The van der Waals surface area contributed by atoms with Crippen molar-refractivity contribution >= 4 is 5.97 Å². The second-order valence-corrected chi connectivity index (χ2v) is 4.63. The summed E-state index contributed by atoms with van der Waals surface area (Å²) in [7, 11) is 0. The van der Waals surface area contributed by atoms with Gasteiger partial charge in [-0.25, -0.2) is 4.79 Å². The minimum absolute atomic E-state index is 0.0699. The van der Waals surface area contributed by atoms with E-state index >= 15 is 0 Å². The average Bonchev–Trinajstić information content (AvgIpc) is 2.64. The van der Waals surface area contributed by atoms with Crippen LogP contribution >= 0.6 is 0 Å². The third-order valence-corrected chi connectivity index (χ3v) is 2.88. The number of rotatable bonds is 5. The first-order valence-electron chi connectivity index (χ1n) is 7.10. The summed E-state index contributed by atoms with van der Waals surface area (Å²) < 4.78 is 55.9. The number of esters is 1. The molecule has 0 unspecified atom stereocenters. The van der Waals surface area contributed by atoms with Crippen molar-refractivity contribution in [1.82, 2.24) is 9.97 Å². The van der Waals surface area contributed by atoms with Crippen LogP contribution in [0.15, 0.2) is 49.1 Å². The topological polar surface area (TPSA) is 72.3 Å². The van der Waals surface area contributed by atoms with Crippen LogP contribution in [0.2, 0.25) is 0 Å². The van der Waals surface area contributed by atoms with Gasteiger partial charge in [-0.05, 0) is 31.2 Å². The van der Waals surface area contributed by atoms with Crippen LogP contribution in [-0.2, 0) is 21.4 Å². The lowest BCUT2D eigenvalue weighted by Gasteiger charge is -2.13. The largest absolute Gasteiger partial charge is 0.461 e. The van der Waals surface area contributed by atoms with Crippen LogP contribution in [0.25, 0.3) is 0 Å². The number of hydrogen-bond acceptors (Lipinski definition) is 5. The van der Waals surface area contributed by atoms with Crippen LogP contribution in [0, 0.1) is 0 Å². The molecule has 0 radical (unpaired) electrons. The Morgan fingerprint density at radius 3 is 1.84 bits per heavy atom. The van der Waals surface area contributed by atoms with Gasteiger partial charge in [0, 0.05) is 35.9 Å². The fourth-order valence-electron chi connectivity index (χ4n) is 1.59. The van der Waals surface area contributed by atoms with Crippen molar-refractivity contribution in [3.05, 3.63) is 60.2 Å². The molecule has 5 nitrogen and oxygen atoms in total. The predicted octanol–water partition coefficient (Wildman–Crippen LogP) is 2.90. The molecule has 0 fully saturated rings. The Morgan fingerprint density at radius 1 is 1.00 bits per heavy atom.